The first-order valence-electron chi connectivity index (χ1n) is 5.94. The molecule has 0 spiro atoms. The molecule has 1 aromatic heterocycles. The maximum Gasteiger partial charge on any atom is 0.252 e. The van der Waals surface area contributed by atoms with Crippen LogP contribution >= 0.6 is 0 Å². The van der Waals surface area contributed by atoms with Gasteiger partial charge in [-0.15, -0.1) is 10.2 Å². The van der Waals surface area contributed by atoms with E-state index in [0.717, 1.165) is 0 Å². The predicted octanol–water partition coefficient (Wildman–Crippen LogP) is 1.32. The zero-order chi connectivity index (χ0) is 14.0. The zero-order valence-electron chi connectivity index (χ0n) is 11.1. The molecule has 100 valence electrons. The van der Waals surface area contributed by atoms with Crippen molar-refractivity contribution in [1.82, 2.24) is 20.1 Å². The van der Waals surface area contributed by atoms with E-state index in [4.69, 9.17) is 0 Å². The molecule has 19 heavy (non-hydrogen) atoms. The summed E-state index contributed by atoms with van der Waals surface area (Å²) in [4.78, 5) is 12.2. The first-order valence-corrected chi connectivity index (χ1v) is 5.94. The summed E-state index contributed by atoms with van der Waals surface area (Å²) in [6, 6.07) is 4.61. The third-order valence-electron chi connectivity index (χ3n) is 3.03. The molecule has 1 unspecified atom stereocenters. The van der Waals surface area contributed by atoms with Gasteiger partial charge in [-0.25, -0.2) is 0 Å². The van der Waals surface area contributed by atoms with Gasteiger partial charge in [0.2, 0.25) is 0 Å². The van der Waals surface area contributed by atoms with Gasteiger partial charge >= 0.3 is 0 Å². The molecule has 1 heterocycles. The molecule has 6 nitrogen and oxygen atoms in total. The number of benzene rings is 1. The quantitative estimate of drug-likeness (QED) is 0.872. The molecule has 1 amide bonds. The Kier molecular flexibility index (Phi) is 3.50. The van der Waals surface area contributed by atoms with Gasteiger partial charge in [-0.3, -0.25) is 4.79 Å². The Morgan fingerprint density at radius 3 is 2.84 bits per heavy atom. The van der Waals surface area contributed by atoms with Crippen LogP contribution < -0.4 is 5.32 Å². The molecule has 0 fully saturated rings. The number of carbonyl (C=O) groups is 1. The molecule has 0 aliphatic rings. The number of carbonyl (C=O) groups excluding carboxylic acids is 1. The highest BCUT2D eigenvalue weighted by Gasteiger charge is 2.17. The van der Waals surface area contributed by atoms with Gasteiger partial charge in [-0.1, -0.05) is 6.07 Å². The molecule has 0 saturated heterocycles. The molecular weight excluding hydrogens is 244 g/mol. The molecular formula is C13H16N4O2. The van der Waals surface area contributed by atoms with Crippen molar-refractivity contribution in [1.29, 1.82) is 0 Å². The number of nitrogens with one attached hydrogen (secondary N) is 1. The van der Waals surface area contributed by atoms with E-state index in [1.807, 2.05) is 14.0 Å². The molecule has 0 bridgehead atoms. The minimum absolute atomic E-state index is 0.110. The highest BCUT2D eigenvalue weighted by molar-refractivity contribution is 5.96. The molecule has 2 rings (SSSR count). The molecule has 0 saturated carbocycles. The van der Waals surface area contributed by atoms with Crippen LogP contribution in [0.3, 0.4) is 0 Å². The van der Waals surface area contributed by atoms with E-state index in [-0.39, 0.29) is 17.7 Å². The number of aromatic hydroxyl groups is 1. The first-order chi connectivity index (χ1) is 9.00. The summed E-state index contributed by atoms with van der Waals surface area (Å²) in [5.74, 6) is 0.536. The normalized spacial score (nSPS) is 12.2. The molecule has 0 aliphatic heterocycles. The van der Waals surface area contributed by atoms with E-state index in [1.54, 1.807) is 36.0 Å². The van der Waals surface area contributed by atoms with Gasteiger partial charge in [-0.2, -0.15) is 0 Å². The van der Waals surface area contributed by atoms with Crippen LogP contribution in [0.15, 0.2) is 24.5 Å². The molecule has 0 aliphatic carbocycles. The lowest BCUT2D eigenvalue weighted by Gasteiger charge is -2.14. The Hall–Kier alpha value is -2.37. The molecule has 6 heteroatoms. The van der Waals surface area contributed by atoms with Crippen LogP contribution in [0.1, 0.15) is 34.7 Å². The molecule has 2 N–H and O–H groups in total. The number of hydrogen-bond donors (Lipinski definition) is 2. The largest absolute Gasteiger partial charge is 0.508 e. The second kappa shape index (κ2) is 5.09. The average molecular weight is 260 g/mol. The lowest BCUT2D eigenvalue weighted by Crippen LogP contribution is -2.28. The second-order valence-electron chi connectivity index (χ2n) is 4.44. The van der Waals surface area contributed by atoms with E-state index >= 15 is 0 Å². The van der Waals surface area contributed by atoms with Gasteiger partial charge in [0, 0.05) is 18.2 Å². The summed E-state index contributed by atoms with van der Waals surface area (Å²) in [7, 11) is 1.82. The number of aryl methyl sites for hydroxylation is 1. The van der Waals surface area contributed by atoms with Gasteiger partial charge in [0.05, 0.1) is 6.04 Å². The summed E-state index contributed by atoms with van der Waals surface area (Å²) in [6.07, 6.45) is 1.58. The van der Waals surface area contributed by atoms with Crippen LogP contribution in [0, 0.1) is 6.92 Å². The van der Waals surface area contributed by atoms with E-state index in [9.17, 15) is 9.90 Å². The number of aromatic nitrogens is 3. The van der Waals surface area contributed by atoms with Crippen molar-refractivity contribution in [3.63, 3.8) is 0 Å². The van der Waals surface area contributed by atoms with E-state index < -0.39 is 0 Å². The predicted molar refractivity (Wildman–Crippen MR) is 69.7 cm³/mol. The smallest absolute Gasteiger partial charge is 0.252 e. The SMILES string of the molecule is Cc1c(O)cccc1C(=O)NC(C)c1nncn1C. The Morgan fingerprint density at radius 2 is 2.21 bits per heavy atom. The van der Waals surface area contributed by atoms with Crippen LogP contribution in [0.4, 0.5) is 0 Å². The molecule has 1 atom stereocenters. The molecule has 1 aromatic carbocycles. The topological polar surface area (TPSA) is 80.0 Å². The molecule has 0 radical (unpaired) electrons. The number of phenols is 1. The van der Waals surface area contributed by atoms with Crippen molar-refractivity contribution in [3.05, 3.63) is 41.5 Å². The highest BCUT2D eigenvalue weighted by Crippen LogP contribution is 2.20. The van der Waals surface area contributed by atoms with Gasteiger partial charge < -0.3 is 15.0 Å². The van der Waals surface area contributed by atoms with E-state index in [1.165, 1.54) is 0 Å². The third kappa shape index (κ3) is 2.57. The van der Waals surface area contributed by atoms with Crippen LogP contribution in [-0.4, -0.2) is 25.8 Å². The Labute approximate surface area is 111 Å². The van der Waals surface area contributed by atoms with Crippen molar-refractivity contribution in [3.8, 4) is 5.75 Å². The van der Waals surface area contributed by atoms with E-state index in [2.05, 4.69) is 15.5 Å². The lowest BCUT2D eigenvalue weighted by atomic mass is 10.1. The Morgan fingerprint density at radius 1 is 1.47 bits per heavy atom. The second-order valence-corrected chi connectivity index (χ2v) is 4.44. The standard InChI is InChI=1S/C13H16N4O2/c1-8-10(5-4-6-11(8)18)13(19)15-9(2)12-16-14-7-17(12)3/h4-7,9,18H,1-3H3,(H,15,19). The number of rotatable bonds is 3. The number of hydrogen-bond acceptors (Lipinski definition) is 4. The van der Waals surface area contributed by atoms with Gasteiger partial charge in [-0.05, 0) is 26.0 Å². The van der Waals surface area contributed by atoms with E-state index in [0.29, 0.717) is 17.0 Å². The average Bonchev–Trinajstić information content (AvgIpc) is 2.79. The van der Waals surface area contributed by atoms with Gasteiger partial charge in [0.15, 0.2) is 5.82 Å². The maximum atomic E-state index is 12.2. The summed E-state index contributed by atoms with van der Waals surface area (Å²) >= 11 is 0. The number of nitrogens with zero attached hydrogens (tertiary/aromatic N) is 3. The fourth-order valence-corrected chi connectivity index (χ4v) is 1.89. The monoisotopic (exact) mass is 260 g/mol. The lowest BCUT2D eigenvalue weighted by molar-refractivity contribution is 0.0936. The van der Waals surface area contributed by atoms with Crippen molar-refractivity contribution in [2.75, 3.05) is 0 Å². The number of amides is 1. The van der Waals surface area contributed by atoms with Crippen LogP contribution in [-0.2, 0) is 7.05 Å². The van der Waals surface area contributed by atoms with Crippen molar-refractivity contribution in [2.45, 2.75) is 19.9 Å². The maximum absolute atomic E-state index is 12.2. The fraction of sp³-hybridized carbons (Fsp3) is 0.308. The van der Waals surface area contributed by atoms with Crippen LogP contribution in [0.2, 0.25) is 0 Å². The highest BCUT2D eigenvalue weighted by atomic mass is 16.3. The Balaban J connectivity index is 2.18. The van der Waals surface area contributed by atoms with Crippen LogP contribution in [0.25, 0.3) is 0 Å². The minimum Gasteiger partial charge on any atom is -0.508 e. The fourth-order valence-electron chi connectivity index (χ4n) is 1.89. The van der Waals surface area contributed by atoms with Gasteiger partial charge in [0.25, 0.3) is 5.91 Å². The third-order valence-corrected chi connectivity index (χ3v) is 3.03. The Bertz CT molecular complexity index is 606. The summed E-state index contributed by atoms with van der Waals surface area (Å²) in [5.41, 5.74) is 1.01. The van der Waals surface area contributed by atoms with Gasteiger partial charge in [0.1, 0.15) is 12.1 Å². The zero-order valence-corrected chi connectivity index (χ0v) is 11.1. The van der Waals surface area contributed by atoms with Crippen LogP contribution in [0.5, 0.6) is 5.75 Å². The van der Waals surface area contributed by atoms with Crippen molar-refractivity contribution in [2.24, 2.45) is 7.05 Å². The van der Waals surface area contributed by atoms with Crippen molar-refractivity contribution >= 4 is 5.91 Å². The summed E-state index contributed by atoms with van der Waals surface area (Å²) < 4.78 is 1.75. The molecule has 2 aromatic rings. The summed E-state index contributed by atoms with van der Waals surface area (Å²) in [6.45, 7) is 3.54. The minimum atomic E-state index is -0.262. The number of phenolic OH excluding ortho intramolecular Hbond substituents is 1. The summed E-state index contributed by atoms with van der Waals surface area (Å²) in [5, 5.41) is 20.2. The van der Waals surface area contributed by atoms with Crippen molar-refractivity contribution < 1.29 is 9.90 Å². The first kappa shape index (κ1) is 13.1.